The molecular weight excluding hydrogens is 506 g/mol. The third kappa shape index (κ3) is 5.07. The van der Waals surface area contributed by atoms with Crippen molar-refractivity contribution in [3.05, 3.63) is 71.3 Å². The molecular formula is C23H21F4N3O5S. The molecule has 0 saturated heterocycles. The average molecular weight is 527 g/mol. The molecule has 1 aliphatic carbocycles. The summed E-state index contributed by atoms with van der Waals surface area (Å²) >= 11 is 0. The molecule has 36 heavy (non-hydrogen) atoms. The Morgan fingerprint density at radius 3 is 2.56 bits per heavy atom. The van der Waals surface area contributed by atoms with E-state index < -0.39 is 50.2 Å². The number of ether oxygens (including phenoxy) is 1. The second kappa shape index (κ2) is 9.54. The molecule has 13 heteroatoms. The Morgan fingerprint density at radius 1 is 1.22 bits per heavy atom. The van der Waals surface area contributed by atoms with Gasteiger partial charge < -0.3 is 9.84 Å². The van der Waals surface area contributed by atoms with E-state index in [4.69, 9.17) is 9.84 Å². The van der Waals surface area contributed by atoms with Gasteiger partial charge in [-0.15, -0.1) is 0 Å². The summed E-state index contributed by atoms with van der Waals surface area (Å²) in [7, 11) is -3.13. The topological polar surface area (TPSA) is 102 Å². The maximum Gasteiger partial charge on any atom is 0.420 e. The number of fused-ring (bicyclic) bond motifs is 1. The zero-order chi connectivity index (χ0) is 26.3. The molecule has 0 bridgehead atoms. The molecule has 1 aromatic heterocycles. The van der Waals surface area contributed by atoms with Gasteiger partial charge in [-0.05, 0) is 61.7 Å². The molecule has 0 spiro atoms. The summed E-state index contributed by atoms with van der Waals surface area (Å²) in [6, 6.07) is 6.04. The number of hydrogen-bond donors (Lipinski definition) is 1. The number of carboxylic acids is 1. The van der Waals surface area contributed by atoms with Crippen molar-refractivity contribution in [1.29, 1.82) is 0 Å². The van der Waals surface area contributed by atoms with Crippen LogP contribution in [0.15, 0.2) is 53.6 Å². The van der Waals surface area contributed by atoms with Gasteiger partial charge in [-0.25, -0.2) is 12.8 Å². The fourth-order valence-electron chi connectivity index (χ4n) is 4.18. The minimum Gasteiger partial charge on any atom is -0.480 e. The molecule has 1 N–H and O–H groups in total. The van der Waals surface area contributed by atoms with Crippen LogP contribution in [-0.2, 0) is 34.0 Å². The molecule has 1 unspecified atom stereocenters. The van der Waals surface area contributed by atoms with Crippen molar-refractivity contribution in [2.75, 3.05) is 7.05 Å². The van der Waals surface area contributed by atoms with Gasteiger partial charge in [0.25, 0.3) is 0 Å². The number of hydrogen-bond acceptors (Lipinski definition) is 5. The number of nitrogens with zero attached hydrogens (tertiary/aromatic N) is 3. The molecule has 3 aromatic rings. The van der Waals surface area contributed by atoms with E-state index in [-0.39, 0.29) is 12.3 Å². The van der Waals surface area contributed by atoms with E-state index in [0.717, 1.165) is 40.7 Å². The Kier molecular flexibility index (Phi) is 6.80. The largest absolute Gasteiger partial charge is 0.480 e. The summed E-state index contributed by atoms with van der Waals surface area (Å²) in [5, 5.41) is 13.1. The van der Waals surface area contributed by atoms with Crippen molar-refractivity contribution < 1.29 is 40.6 Å². The second-order valence-electron chi connectivity index (χ2n) is 8.24. The summed E-state index contributed by atoms with van der Waals surface area (Å²) in [6.07, 6.45) is -2.11. The summed E-state index contributed by atoms with van der Waals surface area (Å²) in [6.45, 7) is -0.386. The van der Waals surface area contributed by atoms with Crippen LogP contribution in [0, 0.1) is 5.82 Å². The monoisotopic (exact) mass is 527 g/mol. The summed E-state index contributed by atoms with van der Waals surface area (Å²) in [5.41, 5.74) is -0.212. The van der Waals surface area contributed by atoms with Gasteiger partial charge in [-0.3, -0.25) is 9.48 Å². The van der Waals surface area contributed by atoms with E-state index >= 15 is 0 Å². The lowest BCUT2D eigenvalue weighted by molar-refractivity contribution is -0.139. The van der Waals surface area contributed by atoms with Gasteiger partial charge in [0.2, 0.25) is 10.0 Å². The van der Waals surface area contributed by atoms with Crippen molar-refractivity contribution in [1.82, 2.24) is 14.1 Å². The van der Waals surface area contributed by atoms with Gasteiger partial charge in [0, 0.05) is 18.3 Å². The molecule has 2 aromatic carbocycles. The number of rotatable bonds is 7. The van der Waals surface area contributed by atoms with Crippen molar-refractivity contribution in [3.63, 3.8) is 0 Å². The molecule has 0 radical (unpaired) electrons. The fraction of sp³-hybridized carbons (Fsp3) is 0.304. The van der Waals surface area contributed by atoms with Crippen LogP contribution < -0.4 is 4.74 Å². The normalized spacial score (nSPS) is 16.1. The molecule has 4 rings (SSSR count). The van der Waals surface area contributed by atoms with E-state index in [0.29, 0.717) is 36.6 Å². The van der Waals surface area contributed by atoms with Crippen molar-refractivity contribution in [3.8, 4) is 11.5 Å². The van der Waals surface area contributed by atoms with Crippen molar-refractivity contribution in [2.45, 2.75) is 42.9 Å². The van der Waals surface area contributed by atoms with E-state index in [1.54, 1.807) is 0 Å². The number of benzene rings is 2. The summed E-state index contributed by atoms with van der Waals surface area (Å²) in [5.74, 6) is -2.39. The zero-order valence-electron chi connectivity index (χ0n) is 18.9. The quantitative estimate of drug-likeness (QED) is 0.450. The predicted molar refractivity (Wildman–Crippen MR) is 118 cm³/mol. The van der Waals surface area contributed by atoms with Crippen LogP contribution in [0.25, 0.3) is 0 Å². The van der Waals surface area contributed by atoms with Gasteiger partial charge in [0.05, 0.1) is 22.7 Å². The van der Waals surface area contributed by atoms with Gasteiger partial charge in [0.1, 0.15) is 23.9 Å². The van der Waals surface area contributed by atoms with Crippen LogP contribution >= 0.6 is 0 Å². The minimum absolute atomic E-state index is 0.0530. The van der Waals surface area contributed by atoms with E-state index in [2.05, 4.69) is 5.10 Å². The predicted octanol–water partition coefficient (Wildman–Crippen LogP) is 4.62. The molecule has 0 fully saturated rings. The highest BCUT2D eigenvalue weighted by Crippen LogP contribution is 2.41. The number of carbonyl (C=O) groups is 1. The molecule has 8 nitrogen and oxygen atoms in total. The summed E-state index contributed by atoms with van der Waals surface area (Å²) in [4.78, 5) is 10.5. The van der Waals surface area contributed by atoms with E-state index in [1.165, 1.54) is 17.9 Å². The lowest BCUT2D eigenvalue weighted by Crippen LogP contribution is -2.33. The maximum atomic E-state index is 13.8. The van der Waals surface area contributed by atoms with E-state index in [9.17, 15) is 30.8 Å². The molecule has 0 amide bonds. The molecule has 1 heterocycles. The number of halogens is 4. The van der Waals surface area contributed by atoms with E-state index in [1.807, 2.05) is 0 Å². The lowest BCUT2D eigenvalue weighted by atomic mass is 9.93. The first kappa shape index (κ1) is 25.6. The zero-order valence-corrected chi connectivity index (χ0v) is 19.7. The third-order valence-corrected chi connectivity index (χ3v) is 7.79. The molecule has 0 aliphatic heterocycles. The minimum atomic E-state index is -4.94. The number of carboxylic acid groups (broad SMARTS) is 1. The number of aromatic nitrogens is 2. The smallest absolute Gasteiger partial charge is 0.420 e. The highest BCUT2D eigenvalue weighted by atomic mass is 32.2. The van der Waals surface area contributed by atoms with Gasteiger partial charge in [-0.2, -0.15) is 22.6 Å². The first-order valence-corrected chi connectivity index (χ1v) is 12.2. The average Bonchev–Trinajstić information content (AvgIpc) is 3.21. The van der Waals surface area contributed by atoms with Crippen LogP contribution in [0.4, 0.5) is 17.6 Å². The Hall–Kier alpha value is -3.45. The Bertz CT molecular complexity index is 1390. The first-order valence-electron chi connectivity index (χ1n) is 10.8. The Morgan fingerprint density at radius 2 is 1.92 bits per heavy atom. The standard InChI is InChI=1S/C23H21F4N3O5S/c1-29(19-3-2-4-20-17(19)12-28-30(20)13-22(31)32)36(33,34)16-9-10-21(18(11-16)23(25,26)27)35-15-7-5-14(24)6-8-15/h5-12,19H,2-4,13H2,1H3,(H,31,32). The highest BCUT2D eigenvalue weighted by Gasteiger charge is 2.39. The number of alkyl halides is 3. The third-order valence-electron chi connectivity index (χ3n) is 5.93. The summed E-state index contributed by atoms with van der Waals surface area (Å²) < 4.78 is 88.9. The second-order valence-corrected chi connectivity index (χ2v) is 10.2. The van der Waals surface area contributed by atoms with Gasteiger partial charge in [0.15, 0.2) is 0 Å². The Labute approximate surface area is 203 Å². The Balaban J connectivity index is 1.68. The lowest BCUT2D eigenvalue weighted by Gasteiger charge is -2.31. The van der Waals surface area contributed by atoms with Crippen LogP contribution in [0.3, 0.4) is 0 Å². The van der Waals surface area contributed by atoms with Gasteiger partial charge in [-0.1, -0.05) is 0 Å². The first-order chi connectivity index (χ1) is 16.9. The maximum absolute atomic E-state index is 13.8. The molecule has 1 atom stereocenters. The highest BCUT2D eigenvalue weighted by molar-refractivity contribution is 7.89. The van der Waals surface area contributed by atoms with Crippen molar-refractivity contribution in [2.24, 2.45) is 0 Å². The molecule has 0 saturated carbocycles. The fourth-order valence-corrected chi connectivity index (χ4v) is 5.57. The van der Waals surface area contributed by atoms with Gasteiger partial charge >= 0.3 is 12.1 Å². The molecule has 1 aliphatic rings. The van der Waals surface area contributed by atoms with Crippen molar-refractivity contribution >= 4 is 16.0 Å². The van der Waals surface area contributed by atoms with Crippen LogP contribution in [-0.4, -0.2) is 40.6 Å². The van der Waals surface area contributed by atoms with Crippen LogP contribution in [0.1, 0.15) is 35.7 Å². The number of aliphatic carboxylic acids is 1. The molecule has 192 valence electrons. The SMILES string of the molecule is CN(C1CCCc2c1cnn2CC(=O)O)S(=O)(=O)c1ccc(Oc2ccc(F)cc2)c(C(F)(F)F)c1. The number of sulfonamides is 1. The van der Waals surface area contributed by atoms with Crippen LogP contribution in [0.5, 0.6) is 11.5 Å². The van der Waals surface area contributed by atoms with Crippen LogP contribution in [0.2, 0.25) is 0 Å².